The van der Waals surface area contributed by atoms with Gasteiger partial charge in [-0.05, 0) is 29.7 Å². The van der Waals surface area contributed by atoms with Gasteiger partial charge in [-0.1, -0.05) is 0 Å². The van der Waals surface area contributed by atoms with Crippen molar-refractivity contribution in [3.05, 3.63) is 59.0 Å². The molecule has 0 fully saturated rings. The van der Waals surface area contributed by atoms with Gasteiger partial charge in [0.1, 0.15) is 17.6 Å². The van der Waals surface area contributed by atoms with Gasteiger partial charge in [0, 0.05) is 24.7 Å². The van der Waals surface area contributed by atoms with Crippen LogP contribution in [0.25, 0.3) is 11.3 Å². The lowest BCUT2D eigenvalue weighted by Gasteiger charge is -2.34. The van der Waals surface area contributed by atoms with Crippen molar-refractivity contribution in [1.82, 2.24) is 24.6 Å². The molecule has 35 heavy (non-hydrogen) atoms. The fourth-order valence-electron chi connectivity index (χ4n) is 4.01. The summed E-state index contributed by atoms with van der Waals surface area (Å²) in [6.45, 7) is -2.92. The number of carbonyl (C=O) groups is 2. The van der Waals surface area contributed by atoms with E-state index in [0.29, 0.717) is 4.68 Å². The molecule has 1 aliphatic heterocycles. The molecule has 1 unspecified atom stereocenters. The predicted molar refractivity (Wildman–Crippen MR) is 112 cm³/mol. The van der Waals surface area contributed by atoms with Crippen LogP contribution in [-0.4, -0.2) is 63.3 Å². The Balaban J connectivity index is 1.72. The van der Waals surface area contributed by atoms with Gasteiger partial charge >= 0.3 is 18.5 Å². The van der Waals surface area contributed by atoms with E-state index in [2.05, 4.69) is 15.1 Å². The van der Waals surface area contributed by atoms with E-state index in [4.69, 9.17) is 9.47 Å². The van der Waals surface area contributed by atoms with Gasteiger partial charge in [0.15, 0.2) is 5.82 Å². The molecular formula is C22H19F4N5O4. The Morgan fingerprint density at radius 1 is 1.17 bits per heavy atom. The number of methoxy groups -OCH3 is 2. The first-order chi connectivity index (χ1) is 16.7. The van der Waals surface area contributed by atoms with Crippen LogP contribution in [0.15, 0.2) is 30.7 Å². The minimum Gasteiger partial charge on any atom is -0.467 e. The lowest BCUT2D eigenvalue weighted by Crippen LogP contribution is -2.50. The summed E-state index contributed by atoms with van der Waals surface area (Å²) in [6, 6.07) is 0.968. The Hall–Kier alpha value is -4.03. The van der Waals surface area contributed by atoms with Gasteiger partial charge in [-0.25, -0.2) is 23.2 Å². The molecule has 0 bridgehead atoms. The van der Waals surface area contributed by atoms with Crippen LogP contribution in [0, 0.1) is 11.6 Å². The number of halogens is 4. The smallest absolute Gasteiger partial charge is 0.333 e. The van der Waals surface area contributed by atoms with Crippen LogP contribution in [0.5, 0.6) is 6.01 Å². The summed E-state index contributed by atoms with van der Waals surface area (Å²) >= 11 is 0. The largest absolute Gasteiger partial charge is 0.467 e. The highest BCUT2D eigenvalue weighted by Crippen LogP contribution is 2.34. The molecule has 13 heteroatoms. The molecule has 3 heterocycles. The normalized spacial score (nSPS) is 14.1. The van der Waals surface area contributed by atoms with Crippen molar-refractivity contribution in [2.45, 2.75) is 25.4 Å². The Kier molecular flexibility index (Phi) is 6.67. The second kappa shape index (κ2) is 9.68. The topological polar surface area (TPSA) is 99.4 Å². The summed E-state index contributed by atoms with van der Waals surface area (Å²) in [5, 5.41) is 3.53. The van der Waals surface area contributed by atoms with Gasteiger partial charge in [-0.3, -0.25) is 4.79 Å². The minimum atomic E-state index is -2.88. The summed E-state index contributed by atoms with van der Waals surface area (Å²) < 4.78 is 65.3. The number of rotatable bonds is 7. The molecule has 0 N–H and O–H groups in total. The molecule has 3 aromatic rings. The van der Waals surface area contributed by atoms with Crippen LogP contribution < -0.4 is 4.74 Å². The first-order valence-corrected chi connectivity index (χ1v) is 10.3. The number of carbonyl (C=O) groups excluding carboxylic acids is 2. The number of hydrogen-bond donors (Lipinski definition) is 0. The summed E-state index contributed by atoms with van der Waals surface area (Å²) in [4.78, 5) is 34.7. The van der Waals surface area contributed by atoms with Crippen molar-refractivity contribution in [2.75, 3.05) is 20.8 Å². The molecule has 0 saturated heterocycles. The lowest BCUT2D eigenvalue weighted by molar-refractivity contribution is -0.146. The number of amides is 1. The highest BCUT2D eigenvalue weighted by atomic mass is 19.3. The van der Waals surface area contributed by atoms with Crippen LogP contribution in [0.4, 0.5) is 17.6 Å². The average molecular weight is 493 g/mol. The standard InChI is InChI=1S/C22H19F4N5O4/c1-34-20(33)16(7-11-8-28-31(10-11)21(25)26)30-6-5-12-13(3-4-14(23)17(12)19(30)32)18-15(24)9-27-22(29-18)35-2/h3-4,8-10,16,21H,5-7H2,1-2H3. The third-order valence-corrected chi connectivity index (χ3v) is 5.63. The molecule has 9 nitrogen and oxygen atoms in total. The monoisotopic (exact) mass is 493 g/mol. The highest BCUT2D eigenvalue weighted by molar-refractivity contribution is 6.01. The molecule has 1 aliphatic rings. The van der Waals surface area contributed by atoms with Gasteiger partial charge in [0.05, 0.1) is 32.2 Å². The van der Waals surface area contributed by atoms with E-state index in [9.17, 15) is 27.2 Å². The fourth-order valence-corrected chi connectivity index (χ4v) is 4.01. The quantitative estimate of drug-likeness (QED) is 0.369. The zero-order chi connectivity index (χ0) is 25.3. The minimum absolute atomic E-state index is 0.0468. The van der Waals surface area contributed by atoms with Crippen LogP contribution in [-0.2, 0) is 22.4 Å². The number of ether oxygens (including phenoxy) is 2. The van der Waals surface area contributed by atoms with Crippen molar-refractivity contribution < 1.29 is 36.6 Å². The van der Waals surface area contributed by atoms with E-state index < -0.39 is 36.1 Å². The van der Waals surface area contributed by atoms with Crippen molar-refractivity contribution in [1.29, 1.82) is 0 Å². The number of alkyl halides is 2. The Labute approximate surface area is 196 Å². The Bertz CT molecular complexity index is 1280. The molecule has 184 valence electrons. The summed E-state index contributed by atoms with van der Waals surface area (Å²) in [5.74, 6) is -3.30. The molecular weight excluding hydrogens is 474 g/mol. The van der Waals surface area contributed by atoms with Crippen LogP contribution in [0.1, 0.15) is 28.0 Å². The number of aromatic nitrogens is 4. The molecule has 0 saturated carbocycles. The Morgan fingerprint density at radius 3 is 2.60 bits per heavy atom. The van der Waals surface area contributed by atoms with E-state index in [1.165, 1.54) is 13.2 Å². The van der Waals surface area contributed by atoms with E-state index in [0.717, 1.165) is 36.7 Å². The van der Waals surface area contributed by atoms with Gasteiger partial charge in [-0.2, -0.15) is 18.9 Å². The lowest BCUT2D eigenvalue weighted by atomic mass is 9.90. The SMILES string of the molecule is COC(=O)C(Cc1cnn(C(F)F)c1)N1CCc2c(-c3nc(OC)ncc3F)ccc(F)c2C1=O. The molecule has 0 aliphatic carbocycles. The third kappa shape index (κ3) is 4.53. The van der Waals surface area contributed by atoms with Gasteiger partial charge in [0.2, 0.25) is 0 Å². The van der Waals surface area contributed by atoms with Gasteiger partial charge < -0.3 is 14.4 Å². The third-order valence-electron chi connectivity index (χ3n) is 5.63. The number of fused-ring (bicyclic) bond motifs is 1. The van der Waals surface area contributed by atoms with Gasteiger partial charge in [0.25, 0.3) is 5.91 Å². The van der Waals surface area contributed by atoms with Crippen LogP contribution in [0.3, 0.4) is 0 Å². The van der Waals surface area contributed by atoms with E-state index in [1.807, 2.05) is 0 Å². The first kappa shape index (κ1) is 24.1. The fraction of sp³-hybridized carbons (Fsp3) is 0.318. The maximum Gasteiger partial charge on any atom is 0.333 e. The maximum atomic E-state index is 14.9. The van der Waals surface area contributed by atoms with E-state index in [-0.39, 0.29) is 53.3 Å². The van der Waals surface area contributed by atoms with Crippen molar-refractivity contribution in [2.24, 2.45) is 0 Å². The van der Waals surface area contributed by atoms with Gasteiger partial charge in [-0.15, -0.1) is 0 Å². The summed E-state index contributed by atoms with van der Waals surface area (Å²) in [7, 11) is 2.42. The average Bonchev–Trinajstić information content (AvgIpc) is 3.32. The molecule has 0 radical (unpaired) electrons. The highest BCUT2D eigenvalue weighted by Gasteiger charge is 2.38. The molecule has 1 aromatic carbocycles. The van der Waals surface area contributed by atoms with E-state index in [1.54, 1.807) is 0 Å². The second-order valence-electron chi connectivity index (χ2n) is 7.60. The second-order valence-corrected chi connectivity index (χ2v) is 7.60. The zero-order valence-electron chi connectivity index (χ0n) is 18.5. The van der Waals surface area contributed by atoms with Crippen molar-refractivity contribution >= 4 is 11.9 Å². The summed E-state index contributed by atoms with van der Waals surface area (Å²) in [5.41, 5.74) is 0.130. The zero-order valence-corrected chi connectivity index (χ0v) is 18.5. The molecule has 2 aromatic heterocycles. The predicted octanol–water partition coefficient (Wildman–Crippen LogP) is 2.80. The molecule has 4 rings (SSSR count). The first-order valence-electron chi connectivity index (χ1n) is 10.3. The number of nitrogens with zero attached hydrogens (tertiary/aromatic N) is 5. The van der Waals surface area contributed by atoms with Crippen LogP contribution in [0.2, 0.25) is 0 Å². The Morgan fingerprint density at radius 2 is 1.94 bits per heavy atom. The van der Waals surface area contributed by atoms with Crippen LogP contribution >= 0.6 is 0 Å². The number of esters is 1. The number of benzene rings is 1. The summed E-state index contributed by atoms with van der Waals surface area (Å²) in [6.07, 6.45) is 2.98. The molecule has 1 atom stereocenters. The maximum absolute atomic E-state index is 14.9. The molecule has 0 spiro atoms. The molecule has 1 amide bonds. The number of hydrogen-bond acceptors (Lipinski definition) is 7. The van der Waals surface area contributed by atoms with Crippen molar-refractivity contribution in [3.8, 4) is 17.3 Å². The van der Waals surface area contributed by atoms with E-state index >= 15 is 0 Å². The van der Waals surface area contributed by atoms with Crippen molar-refractivity contribution in [3.63, 3.8) is 0 Å².